The van der Waals surface area contributed by atoms with Gasteiger partial charge in [-0.25, -0.2) is 0 Å². The summed E-state index contributed by atoms with van der Waals surface area (Å²) in [5.74, 6) is 0.220. The molecule has 1 rings (SSSR count). The Kier molecular flexibility index (Phi) is 5.31. The number of hydrogen-bond donors (Lipinski definition) is 1. The van der Waals surface area contributed by atoms with Crippen molar-refractivity contribution in [3.8, 4) is 0 Å². The topological polar surface area (TPSA) is 37.3 Å². The molecule has 0 aromatic carbocycles. The van der Waals surface area contributed by atoms with Gasteiger partial charge in [-0.2, -0.15) is 0 Å². The Bertz CT molecular complexity index is 344. The molecule has 0 radical (unpaired) electrons. The molecule has 1 aliphatic rings. The molecule has 3 heteroatoms. The highest BCUT2D eigenvalue weighted by atomic mass is 32.2. The van der Waals surface area contributed by atoms with E-state index in [2.05, 4.69) is 13.0 Å². The average Bonchev–Trinajstić information content (AvgIpc) is 2.48. The van der Waals surface area contributed by atoms with E-state index in [9.17, 15) is 9.90 Å². The van der Waals surface area contributed by atoms with E-state index in [0.717, 1.165) is 6.42 Å². The minimum Gasteiger partial charge on any atom is -0.510 e. The van der Waals surface area contributed by atoms with E-state index in [1.165, 1.54) is 37.4 Å². The van der Waals surface area contributed by atoms with Crippen molar-refractivity contribution < 1.29 is 9.90 Å². The van der Waals surface area contributed by atoms with Crippen LogP contribution in [0.2, 0.25) is 0 Å². The maximum atomic E-state index is 11.5. The van der Waals surface area contributed by atoms with Gasteiger partial charge in [0.05, 0.1) is 4.75 Å². The summed E-state index contributed by atoms with van der Waals surface area (Å²) in [5.41, 5.74) is 0.494. The van der Waals surface area contributed by atoms with E-state index in [4.69, 9.17) is 0 Å². The Morgan fingerprint density at radius 3 is 2.59 bits per heavy atom. The summed E-state index contributed by atoms with van der Waals surface area (Å²) in [5, 5.41) is 9.90. The number of aliphatic hydroxyl groups excluding tert-OH is 1. The van der Waals surface area contributed by atoms with Crippen LogP contribution in [0.4, 0.5) is 0 Å². The quantitative estimate of drug-likeness (QED) is 0.564. The molecule has 0 amide bonds. The molecule has 0 bridgehead atoms. The van der Waals surface area contributed by atoms with Crippen molar-refractivity contribution >= 4 is 16.9 Å². The smallest absolute Gasteiger partial charge is 0.219 e. The van der Waals surface area contributed by atoms with Gasteiger partial charge in [-0.1, -0.05) is 50.1 Å². The molecule has 1 aliphatic heterocycles. The van der Waals surface area contributed by atoms with Crippen LogP contribution in [-0.4, -0.2) is 15.0 Å². The van der Waals surface area contributed by atoms with Gasteiger partial charge < -0.3 is 5.11 Å². The van der Waals surface area contributed by atoms with E-state index >= 15 is 0 Å². The molecule has 0 saturated carbocycles. The Morgan fingerprint density at radius 1 is 1.35 bits per heavy atom. The van der Waals surface area contributed by atoms with E-state index in [1.807, 2.05) is 13.0 Å². The van der Waals surface area contributed by atoms with Gasteiger partial charge >= 0.3 is 0 Å². The molecule has 2 nitrogen and oxygen atoms in total. The van der Waals surface area contributed by atoms with Gasteiger partial charge in [-0.15, -0.1) is 0 Å². The largest absolute Gasteiger partial charge is 0.510 e. The Labute approximate surface area is 108 Å². The first kappa shape index (κ1) is 14.4. The monoisotopic (exact) mass is 254 g/mol. The van der Waals surface area contributed by atoms with Crippen LogP contribution < -0.4 is 0 Å². The molecule has 0 spiro atoms. The van der Waals surface area contributed by atoms with Crippen molar-refractivity contribution in [1.82, 2.24) is 0 Å². The second kappa shape index (κ2) is 6.29. The lowest BCUT2D eigenvalue weighted by molar-refractivity contribution is -0.107. The highest BCUT2D eigenvalue weighted by Crippen LogP contribution is 2.43. The third-order valence-electron chi connectivity index (χ3n) is 3.10. The first-order valence-electron chi connectivity index (χ1n) is 6.32. The first-order chi connectivity index (χ1) is 8.01. The second-order valence-corrected chi connectivity index (χ2v) is 6.14. The van der Waals surface area contributed by atoms with E-state index in [0.29, 0.717) is 5.57 Å². The SMILES string of the molecule is CCCCCCC=C[C@]1(C)SC(=O)C(C)=C1O. The number of rotatable bonds is 6. The van der Waals surface area contributed by atoms with Crippen molar-refractivity contribution in [2.75, 3.05) is 0 Å². The van der Waals surface area contributed by atoms with Crippen molar-refractivity contribution in [2.24, 2.45) is 0 Å². The zero-order chi connectivity index (χ0) is 12.9. The summed E-state index contributed by atoms with van der Waals surface area (Å²) in [6, 6.07) is 0. The first-order valence-corrected chi connectivity index (χ1v) is 7.14. The minimum atomic E-state index is -0.536. The summed E-state index contributed by atoms with van der Waals surface area (Å²) >= 11 is 1.20. The standard InChI is InChI=1S/C14H22O2S/c1-4-5-6-7-8-9-10-14(3)12(15)11(2)13(16)17-14/h9-10,15H,4-8H2,1-3H3/t14-/m0/s1. The number of carbonyl (C=O) groups excluding carboxylic acids is 1. The zero-order valence-corrected chi connectivity index (χ0v) is 11.8. The number of thioether (sulfide) groups is 1. The number of carbonyl (C=O) groups is 1. The highest BCUT2D eigenvalue weighted by Gasteiger charge is 2.39. The lowest BCUT2D eigenvalue weighted by atomic mass is 10.0. The molecule has 1 heterocycles. The Hall–Kier alpha value is -0.700. The molecule has 0 unspecified atom stereocenters. The number of aliphatic hydroxyl groups is 1. The van der Waals surface area contributed by atoms with Crippen LogP contribution in [0.3, 0.4) is 0 Å². The molecular formula is C14H22O2S. The van der Waals surface area contributed by atoms with Gasteiger partial charge in [-0.3, -0.25) is 4.79 Å². The van der Waals surface area contributed by atoms with E-state index in [1.54, 1.807) is 6.92 Å². The highest BCUT2D eigenvalue weighted by molar-refractivity contribution is 8.16. The van der Waals surface area contributed by atoms with Crippen LogP contribution >= 0.6 is 11.8 Å². The third kappa shape index (κ3) is 3.63. The zero-order valence-electron chi connectivity index (χ0n) is 11.0. The predicted molar refractivity (Wildman–Crippen MR) is 74.2 cm³/mol. The molecule has 1 atom stereocenters. The number of allylic oxidation sites excluding steroid dienone is 1. The fourth-order valence-corrected chi connectivity index (χ4v) is 2.95. The second-order valence-electron chi connectivity index (χ2n) is 4.72. The fourth-order valence-electron chi connectivity index (χ4n) is 1.90. The third-order valence-corrected chi connectivity index (χ3v) is 4.34. The van der Waals surface area contributed by atoms with Crippen LogP contribution in [0.25, 0.3) is 0 Å². The van der Waals surface area contributed by atoms with Crippen LogP contribution in [0.15, 0.2) is 23.5 Å². The van der Waals surface area contributed by atoms with Crippen LogP contribution in [0, 0.1) is 0 Å². The lowest BCUT2D eigenvalue weighted by Gasteiger charge is -2.17. The number of hydrogen-bond acceptors (Lipinski definition) is 3. The summed E-state index contributed by atoms with van der Waals surface area (Å²) in [4.78, 5) is 11.5. The number of unbranched alkanes of at least 4 members (excludes halogenated alkanes) is 4. The summed E-state index contributed by atoms with van der Waals surface area (Å²) in [7, 11) is 0. The maximum absolute atomic E-state index is 11.5. The van der Waals surface area contributed by atoms with Gasteiger partial charge in [0.2, 0.25) is 5.12 Å². The van der Waals surface area contributed by atoms with Crippen LogP contribution in [0.1, 0.15) is 52.9 Å². The molecule has 17 heavy (non-hydrogen) atoms. The molecule has 0 aromatic rings. The molecule has 0 aliphatic carbocycles. The van der Waals surface area contributed by atoms with Crippen molar-refractivity contribution in [3.63, 3.8) is 0 Å². The van der Waals surface area contributed by atoms with Crippen molar-refractivity contribution in [1.29, 1.82) is 0 Å². The predicted octanol–water partition coefficient (Wildman–Crippen LogP) is 4.38. The van der Waals surface area contributed by atoms with Gasteiger partial charge in [0, 0.05) is 5.57 Å². The molecule has 0 fully saturated rings. The van der Waals surface area contributed by atoms with Crippen molar-refractivity contribution in [3.05, 3.63) is 23.5 Å². The summed E-state index contributed by atoms with van der Waals surface area (Å²) in [6.45, 7) is 5.78. The van der Waals surface area contributed by atoms with E-state index < -0.39 is 4.75 Å². The van der Waals surface area contributed by atoms with Gasteiger partial charge in [0.15, 0.2) is 0 Å². The van der Waals surface area contributed by atoms with Crippen LogP contribution in [-0.2, 0) is 4.79 Å². The van der Waals surface area contributed by atoms with E-state index in [-0.39, 0.29) is 10.9 Å². The maximum Gasteiger partial charge on any atom is 0.219 e. The summed E-state index contributed by atoms with van der Waals surface area (Å²) in [6.07, 6.45) is 10.0. The minimum absolute atomic E-state index is 0.0133. The summed E-state index contributed by atoms with van der Waals surface area (Å²) < 4.78 is -0.536. The molecule has 0 aromatic heterocycles. The van der Waals surface area contributed by atoms with Gasteiger partial charge in [0.25, 0.3) is 0 Å². The molecular weight excluding hydrogens is 232 g/mol. The van der Waals surface area contributed by atoms with Crippen LogP contribution in [0.5, 0.6) is 0 Å². The Balaban J connectivity index is 2.46. The van der Waals surface area contributed by atoms with Gasteiger partial charge in [-0.05, 0) is 26.7 Å². The Morgan fingerprint density at radius 2 is 2.06 bits per heavy atom. The van der Waals surface area contributed by atoms with Gasteiger partial charge in [0.1, 0.15) is 5.76 Å². The molecule has 96 valence electrons. The normalized spacial score (nSPS) is 25.2. The van der Waals surface area contributed by atoms with Crippen molar-refractivity contribution in [2.45, 2.75) is 57.6 Å². The fraction of sp³-hybridized carbons (Fsp3) is 0.643. The molecule has 0 saturated heterocycles. The average molecular weight is 254 g/mol. The molecule has 1 N–H and O–H groups in total. The lowest BCUT2D eigenvalue weighted by Crippen LogP contribution is -2.16.